The van der Waals surface area contributed by atoms with Crippen molar-refractivity contribution in [3.8, 4) is 0 Å². The van der Waals surface area contributed by atoms with Crippen LogP contribution in [0.15, 0.2) is 60.7 Å². The molecule has 0 aromatic heterocycles. The zero-order chi connectivity index (χ0) is 22.3. The number of rotatable bonds is 6. The van der Waals surface area contributed by atoms with Crippen LogP contribution in [0.1, 0.15) is 30.4 Å². The highest BCUT2D eigenvalue weighted by Crippen LogP contribution is 2.24. The molecule has 3 amide bonds. The van der Waals surface area contributed by atoms with E-state index in [2.05, 4.69) is 5.32 Å². The highest BCUT2D eigenvalue weighted by atomic mass is 16.5. The van der Waals surface area contributed by atoms with Crippen molar-refractivity contribution in [2.75, 3.05) is 19.6 Å². The highest BCUT2D eigenvalue weighted by molar-refractivity contribution is 5.89. The highest BCUT2D eigenvalue weighted by Gasteiger charge is 2.37. The van der Waals surface area contributed by atoms with Gasteiger partial charge in [-0.15, -0.1) is 0 Å². The van der Waals surface area contributed by atoms with E-state index in [4.69, 9.17) is 4.74 Å². The van der Waals surface area contributed by atoms with Gasteiger partial charge in [-0.3, -0.25) is 9.59 Å². The molecule has 2 aromatic rings. The number of carbonyl (C=O) groups excluding carboxylic acids is 3. The summed E-state index contributed by atoms with van der Waals surface area (Å²) >= 11 is 0. The Balaban J connectivity index is 1.20. The van der Waals surface area contributed by atoms with Gasteiger partial charge in [0.2, 0.25) is 11.8 Å². The van der Waals surface area contributed by atoms with E-state index >= 15 is 0 Å². The molecule has 7 nitrogen and oxygen atoms in total. The van der Waals surface area contributed by atoms with Gasteiger partial charge in [0.05, 0.1) is 5.92 Å². The van der Waals surface area contributed by atoms with Crippen LogP contribution >= 0.6 is 0 Å². The second kappa shape index (κ2) is 10.3. The lowest BCUT2D eigenvalue weighted by atomic mass is 10.0. The van der Waals surface area contributed by atoms with E-state index in [1.54, 1.807) is 4.90 Å². The smallest absolute Gasteiger partial charge is 0.407 e. The maximum Gasteiger partial charge on any atom is 0.407 e. The summed E-state index contributed by atoms with van der Waals surface area (Å²) in [7, 11) is 0. The first-order chi connectivity index (χ1) is 15.6. The Labute approximate surface area is 188 Å². The molecule has 0 bridgehead atoms. The Kier molecular flexibility index (Phi) is 7.04. The molecule has 32 heavy (non-hydrogen) atoms. The van der Waals surface area contributed by atoms with Crippen molar-refractivity contribution in [1.82, 2.24) is 15.1 Å². The molecule has 1 atom stereocenters. The van der Waals surface area contributed by atoms with Gasteiger partial charge in [0.15, 0.2) is 0 Å². The van der Waals surface area contributed by atoms with E-state index < -0.39 is 6.09 Å². The zero-order valence-corrected chi connectivity index (χ0v) is 18.1. The van der Waals surface area contributed by atoms with Crippen molar-refractivity contribution in [3.63, 3.8) is 0 Å². The average molecular weight is 436 g/mol. The molecular formula is C25H29N3O4. The van der Waals surface area contributed by atoms with Crippen LogP contribution in [-0.4, -0.2) is 53.4 Å². The molecule has 2 fully saturated rings. The largest absolute Gasteiger partial charge is 0.445 e. The molecule has 2 aromatic carbocycles. The van der Waals surface area contributed by atoms with E-state index in [1.807, 2.05) is 65.6 Å². The van der Waals surface area contributed by atoms with E-state index in [9.17, 15) is 14.4 Å². The number of hydrogen-bond acceptors (Lipinski definition) is 4. The van der Waals surface area contributed by atoms with Gasteiger partial charge in [0.1, 0.15) is 6.61 Å². The second-order valence-electron chi connectivity index (χ2n) is 8.47. The quantitative estimate of drug-likeness (QED) is 0.757. The third-order valence-corrected chi connectivity index (χ3v) is 6.12. The predicted octanol–water partition coefficient (Wildman–Crippen LogP) is 2.95. The lowest BCUT2D eigenvalue weighted by Gasteiger charge is -2.33. The Morgan fingerprint density at radius 3 is 2.22 bits per heavy atom. The number of amides is 3. The molecule has 0 aliphatic carbocycles. The van der Waals surface area contributed by atoms with Crippen molar-refractivity contribution in [3.05, 3.63) is 71.8 Å². The van der Waals surface area contributed by atoms with E-state index in [0.717, 1.165) is 11.1 Å². The second-order valence-corrected chi connectivity index (χ2v) is 8.47. The zero-order valence-electron chi connectivity index (χ0n) is 18.1. The topological polar surface area (TPSA) is 79.0 Å². The molecule has 1 N–H and O–H groups in total. The van der Waals surface area contributed by atoms with Crippen LogP contribution < -0.4 is 5.32 Å². The Morgan fingerprint density at radius 1 is 0.938 bits per heavy atom. The van der Waals surface area contributed by atoms with Crippen molar-refractivity contribution in [2.45, 2.75) is 38.5 Å². The van der Waals surface area contributed by atoms with Crippen LogP contribution in [-0.2, 0) is 27.5 Å². The van der Waals surface area contributed by atoms with Gasteiger partial charge in [0, 0.05) is 38.6 Å². The third-order valence-electron chi connectivity index (χ3n) is 6.12. The predicted molar refractivity (Wildman–Crippen MR) is 119 cm³/mol. The Morgan fingerprint density at radius 2 is 1.56 bits per heavy atom. The summed E-state index contributed by atoms with van der Waals surface area (Å²) in [5, 5.41) is 2.90. The number of ether oxygens (including phenoxy) is 1. The van der Waals surface area contributed by atoms with Crippen molar-refractivity contribution < 1.29 is 19.1 Å². The van der Waals surface area contributed by atoms with E-state index in [-0.39, 0.29) is 36.8 Å². The van der Waals surface area contributed by atoms with Crippen molar-refractivity contribution in [2.24, 2.45) is 5.92 Å². The third kappa shape index (κ3) is 5.66. The van der Waals surface area contributed by atoms with Gasteiger partial charge in [0.25, 0.3) is 0 Å². The van der Waals surface area contributed by atoms with Gasteiger partial charge in [-0.2, -0.15) is 0 Å². The lowest BCUT2D eigenvalue weighted by molar-refractivity contribution is -0.136. The molecule has 2 aliphatic rings. The molecule has 2 aliphatic heterocycles. The molecule has 1 unspecified atom stereocenters. The number of nitrogens with zero attached hydrogens (tertiary/aromatic N) is 2. The monoisotopic (exact) mass is 435 g/mol. The first-order valence-electron chi connectivity index (χ1n) is 11.2. The number of nitrogens with one attached hydrogen (secondary N) is 1. The fourth-order valence-corrected chi connectivity index (χ4v) is 4.33. The Hall–Kier alpha value is -3.35. The van der Waals surface area contributed by atoms with Gasteiger partial charge < -0.3 is 19.9 Å². The maximum absolute atomic E-state index is 13.0. The number of hydrogen-bond donors (Lipinski definition) is 1. The fourth-order valence-electron chi connectivity index (χ4n) is 4.33. The molecule has 7 heteroatoms. The van der Waals surface area contributed by atoms with Crippen molar-refractivity contribution in [1.29, 1.82) is 0 Å². The summed E-state index contributed by atoms with van der Waals surface area (Å²) < 4.78 is 5.29. The summed E-state index contributed by atoms with van der Waals surface area (Å²) in [5.74, 6) is -0.213. The summed E-state index contributed by atoms with van der Waals surface area (Å²) in [6.45, 7) is 2.40. The molecule has 0 spiro atoms. The number of piperidine rings is 1. The molecule has 168 valence electrons. The number of benzene rings is 2. The standard InChI is InChI=1S/C25H29N3O4/c29-23-15-21(17-28(23)16-19-7-3-1-4-8-19)24(30)27-13-11-22(12-14-27)26-25(31)32-18-20-9-5-2-6-10-20/h1-10,21-22H,11-18H2,(H,26,31). The Bertz CT molecular complexity index is 927. The van der Waals surface area contributed by atoms with Gasteiger partial charge >= 0.3 is 6.09 Å². The summed E-state index contributed by atoms with van der Waals surface area (Å²) in [5.41, 5.74) is 2.01. The maximum atomic E-state index is 13.0. The molecule has 0 radical (unpaired) electrons. The minimum Gasteiger partial charge on any atom is -0.445 e. The fraction of sp³-hybridized carbons (Fsp3) is 0.400. The van der Waals surface area contributed by atoms with E-state index in [0.29, 0.717) is 39.0 Å². The number of carbonyl (C=O) groups is 3. The molecule has 2 saturated heterocycles. The summed E-state index contributed by atoms with van der Waals surface area (Å²) in [4.78, 5) is 41.1. The minimum atomic E-state index is -0.434. The van der Waals surface area contributed by atoms with Crippen LogP contribution in [0, 0.1) is 5.92 Å². The van der Waals surface area contributed by atoms with Crippen LogP contribution in [0.4, 0.5) is 4.79 Å². The van der Waals surface area contributed by atoms with Crippen LogP contribution in [0.3, 0.4) is 0 Å². The molecule has 2 heterocycles. The van der Waals surface area contributed by atoms with Crippen LogP contribution in [0.25, 0.3) is 0 Å². The molecular weight excluding hydrogens is 406 g/mol. The minimum absolute atomic E-state index is 0.0119. The van der Waals surface area contributed by atoms with Gasteiger partial charge in [-0.05, 0) is 24.0 Å². The normalized spacial score (nSPS) is 19.1. The number of alkyl carbamates (subject to hydrolysis) is 1. The molecule has 0 saturated carbocycles. The first kappa shape index (κ1) is 21.9. The SMILES string of the molecule is O=C(NC1CCN(C(=O)C2CC(=O)N(Cc3ccccc3)C2)CC1)OCc1ccccc1. The first-order valence-corrected chi connectivity index (χ1v) is 11.2. The van der Waals surface area contributed by atoms with Gasteiger partial charge in [-0.25, -0.2) is 4.79 Å². The summed E-state index contributed by atoms with van der Waals surface area (Å²) in [6.07, 6.45) is 1.20. The molecule has 4 rings (SSSR count). The average Bonchev–Trinajstić information content (AvgIpc) is 3.19. The van der Waals surface area contributed by atoms with Crippen molar-refractivity contribution >= 4 is 17.9 Å². The summed E-state index contributed by atoms with van der Waals surface area (Å²) in [6, 6.07) is 19.4. The van der Waals surface area contributed by atoms with Crippen LogP contribution in [0.2, 0.25) is 0 Å². The van der Waals surface area contributed by atoms with Crippen LogP contribution in [0.5, 0.6) is 0 Å². The number of likely N-dealkylation sites (tertiary alicyclic amines) is 2. The van der Waals surface area contributed by atoms with Gasteiger partial charge in [-0.1, -0.05) is 60.7 Å². The lowest BCUT2D eigenvalue weighted by Crippen LogP contribution is -2.48. The van der Waals surface area contributed by atoms with E-state index in [1.165, 1.54) is 0 Å².